The van der Waals surface area contributed by atoms with Crippen LogP contribution in [0.3, 0.4) is 0 Å². The third-order valence-corrected chi connectivity index (χ3v) is 3.95. The monoisotopic (exact) mass is 344 g/mol. The van der Waals surface area contributed by atoms with Crippen LogP contribution in [0.5, 0.6) is 11.5 Å². The third-order valence-electron chi connectivity index (χ3n) is 3.95. The molecular weight excluding hydrogens is 327 g/mol. The Kier molecular flexibility index (Phi) is 4.26. The lowest BCUT2D eigenvalue weighted by atomic mass is 10.1. The molecule has 0 spiro atoms. The van der Waals surface area contributed by atoms with Crippen LogP contribution in [0.2, 0.25) is 0 Å². The van der Waals surface area contributed by atoms with Gasteiger partial charge in [0.2, 0.25) is 0 Å². The van der Waals surface area contributed by atoms with Crippen LogP contribution >= 0.6 is 0 Å². The molecule has 2 aromatic carbocycles. The number of benzene rings is 2. The summed E-state index contributed by atoms with van der Waals surface area (Å²) in [6.45, 7) is 3.23. The molecule has 0 aliphatic heterocycles. The number of hydrogen-bond acceptors (Lipinski definition) is 5. The Bertz CT molecular complexity index is 994. The van der Waals surface area contributed by atoms with E-state index in [0.717, 1.165) is 4.68 Å². The molecule has 1 aromatic heterocycles. The number of ether oxygens (including phenoxy) is 1. The fourth-order valence-electron chi connectivity index (χ4n) is 2.44. The highest BCUT2D eigenvalue weighted by molar-refractivity contribution is 5.46. The van der Waals surface area contributed by atoms with Crippen molar-refractivity contribution in [3.8, 4) is 17.2 Å². The molecule has 0 unspecified atom stereocenters. The summed E-state index contributed by atoms with van der Waals surface area (Å²) in [4.78, 5) is 12.1. The smallest absolute Gasteiger partial charge is 0.368 e. The fraction of sp³-hybridized carbons (Fsp3) is 0.235. The lowest BCUT2D eigenvalue weighted by Gasteiger charge is -2.14. The summed E-state index contributed by atoms with van der Waals surface area (Å²) in [5.41, 5.74) is 1.45. The number of phenolic OH excluding ortho intramolecular Hbond substituents is 1. The van der Waals surface area contributed by atoms with Crippen molar-refractivity contribution in [2.45, 2.75) is 20.5 Å². The van der Waals surface area contributed by atoms with Crippen molar-refractivity contribution < 1.29 is 14.2 Å². The molecule has 0 aliphatic rings. The van der Waals surface area contributed by atoms with Gasteiger partial charge in [-0.3, -0.25) is 0 Å². The normalized spacial score (nSPS) is 10.9. The van der Waals surface area contributed by atoms with Gasteiger partial charge in [0, 0.05) is 18.2 Å². The van der Waals surface area contributed by atoms with Gasteiger partial charge in [-0.15, -0.1) is 0 Å². The summed E-state index contributed by atoms with van der Waals surface area (Å²) in [6, 6.07) is 8.67. The van der Waals surface area contributed by atoms with Crippen molar-refractivity contribution in [1.29, 1.82) is 0 Å². The third kappa shape index (κ3) is 2.98. The average molecular weight is 344 g/mol. The lowest BCUT2D eigenvalue weighted by Crippen LogP contribution is -2.23. The molecule has 1 N–H and O–H groups in total. The number of halogens is 1. The standard InChI is InChI=1S/C17H17FN4O3/c1-10-8-14(11(2)15(18)16(10)23)25-9-12-6-4-5-7-13(12)22-17(24)21(3)19-20-22/h4-8,23H,9H2,1-3H3. The molecule has 0 saturated carbocycles. The summed E-state index contributed by atoms with van der Waals surface area (Å²) in [6.07, 6.45) is 0. The van der Waals surface area contributed by atoms with E-state index < -0.39 is 5.82 Å². The molecule has 1 heterocycles. The van der Waals surface area contributed by atoms with Crippen LogP contribution in [0.15, 0.2) is 35.1 Å². The first kappa shape index (κ1) is 16.7. The summed E-state index contributed by atoms with van der Waals surface area (Å²) in [7, 11) is 1.51. The van der Waals surface area contributed by atoms with Gasteiger partial charge in [-0.2, -0.15) is 9.36 Å². The minimum atomic E-state index is -0.701. The molecule has 0 aliphatic carbocycles. The van der Waals surface area contributed by atoms with E-state index in [0.29, 0.717) is 22.6 Å². The van der Waals surface area contributed by atoms with Gasteiger partial charge in [0.05, 0.1) is 5.69 Å². The Balaban J connectivity index is 1.93. The zero-order valence-corrected chi connectivity index (χ0v) is 14.0. The molecule has 7 nitrogen and oxygen atoms in total. The number of nitrogens with zero attached hydrogens (tertiary/aromatic N) is 4. The van der Waals surface area contributed by atoms with Crippen LogP contribution in [0.1, 0.15) is 16.7 Å². The molecule has 130 valence electrons. The van der Waals surface area contributed by atoms with E-state index in [4.69, 9.17) is 4.74 Å². The van der Waals surface area contributed by atoms with E-state index in [-0.39, 0.29) is 23.6 Å². The Morgan fingerprint density at radius 1 is 1.24 bits per heavy atom. The summed E-state index contributed by atoms with van der Waals surface area (Å²) in [5.74, 6) is -0.751. The van der Waals surface area contributed by atoms with Gasteiger partial charge in [-0.1, -0.05) is 18.2 Å². The minimum Gasteiger partial charge on any atom is -0.505 e. The van der Waals surface area contributed by atoms with Crippen molar-refractivity contribution >= 4 is 0 Å². The van der Waals surface area contributed by atoms with Crippen molar-refractivity contribution in [3.63, 3.8) is 0 Å². The highest BCUT2D eigenvalue weighted by Crippen LogP contribution is 2.31. The number of hydrogen-bond donors (Lipinski definition) is 1. The van der Waals surface area contributed by atoms with Gasteiger partial charge in [0.1, 0.15) is 12.4 Å². The highest BCUT2D eigenvalue weighted by atomic mass is 19.1. The zero-order valence-electron chi connectivity index (χ0n) is 14.0. The molecule has 0 fully saturated rings. The maximum Gasteiger partial charge on any atom is 0.368 e. The molecule has 8 heteroatoms. The second-order valence-corrected chi connectivity index (χ2v) is 5.69. The first-order valence-corrected chi connectivity index (χ1v) is 7.59. The number of rotatable bonds is 4. The van der Waals surface area contributed by atoms with E-state index in [9.17, 15) is 14.3 Å². The largest absolute Gasteiger partial charge is 0.505 e. The molecule has 0 atom stereocenters. The van der Waals surface area contributed by atoms with E-state index in [1.165, 1.54) is 18.7 Å². The summed E-state index contributed by atoms with van der Waals surface area (Å²) < 4.78 is 22.0. The van der Waals surface area contributed by atoms with Crippen LogP contribution in [-0.4, -0.2) is 24.9 Å². The van der Waals surface area contributed by atoms with Crippen LogP contribution in [-0.2, 0) is 13.7 Å². The van der Waals surface area contributed by atoms with E-state index in [1.54, 1.807) is 37.3 Å². The summed E-state index contributed by atoms with van der Waals surface area (Å²) >= 11 is 0. The second kappa shape index (κ2) is 6.39. The van der Waals surface area contributed by atoms with Gasteiger partial charge in [-0.05, 0) is 42.0 Å². The zero-order chi connectivity index (χ0) is 18.1. The molecule has 0 bridgehead atoms. The number of aromatic nitrogens is 4. The van der Waals surface area contributed by atoms with Gasteiger partial charge in [-0.25, -0.2) is 9.18 Å². The van der Waals surface area contributed by atoms with E-state index >= 15 is 0 Å². The fourth-order valence-corrected chi connectivity index (χ4v) is 2.44. The first-order chi connectivity index (χ1) is 11.9. The predicted molar refractivity (Wildman–Crippen MR) is 88.5 cm³/mol. The molecular formula is C17H17FN4O3. The number of phenols is 1. The Morgan fingerprint density at radius 3 is 2.64 bits per heavy atom. The Hall–Kier alpha value is -3.16. The number of aryl methyl sites for hydroxylation is 2. The average Bonchev–Trinajstić information content (AvgIpc) is 2.94. The van der Waals surface area contributed by atoms with Crippen LogP contribution in [0.4, 0.5) is 4.39 Å². The topological polar surface area (TPSA) is 82.2 Å². The van der Waals surface area contributed by atoms with Gasteiger partial charge < -0.3 is 9.84 Å². The quantitative estimate of drug-likeness (QED) is 0.783. The number of tetrazole rings is 1. The number of para-hydroxylation sites is 1. The van der Waals surface area contributed by atoms with Gasteiger partial charge in [0.25, 0.3) is 0 Å². The van der Waals surface area contributed by atoms with Crippen molar-refractivity contribution in [3.05, 3.63) is 63.3 Å². The van der Waals surface area contributed by atoms with Crippen LogP contribution in [0.25, 0.3) is 5.69 Å². The van der Waals surface area contributed by atoms with E-state index in [1.807, 2.05) is 0 Å². The molecule has 0 amide bonds. The van der Waals surface area contributed by atoms with Crippen LogP contribution < -0.4 is 10.4 Å². The minimum absolute atomic E-state index is 0.101. The maximum absolute atomic E-state index is 14.0. The van der Waals surface area contributed by atoms with Gasteiger partial charge >= 0.3 is 5.69 Å². The van der Waals surface area contributed by atoms with Crippen molar-refractivity contribution in [1.82, 2.24) is 19.8 Å². The van der Waals surface area contributed by atoms with E-state index in [2.05, 4.69) is 10.4 Å². The number of aromatic hydroxyl groups is 1. The molecule has 0 saturated heterocycles. The molecule has 25 heavy (non-hydrogen) atoms. The highest BCUT2D eigenvalue weighted by Gasteiger charge is 2.15. The molecule has 3 aromatic rings. The Morgan fingerprint density at radius 2 is 1.96 bits per heavy atom. The molecule has 0 radical (unpaired) electrons. The Labute approximate surface area is 142 Å². The lowest BCUT2D eigenvalue weighted by molar-refractivity contribution is 0.299. The summed E-state index contributed by atoms with van der Waals surface area (Å²) in [5, 5.41) is 17.2. The van der Waals surface area contributed by atoms with Crippen molar-refractivity contribution in [2.24, 2.45) is 7.05 Å². The maximum atomic E-state index is 14.0. The van der Waals surface area contributed by atoms with Crippen LogP contribution in [0, 0.1) is 19.7 Å². The SMILES string of the molecule is Cc1cc(OCc2ccccc2-n2nnn(C)c2=O)c(C)c(F)c1O. The second-order valence-electron chi connectivity index (χ2n) is 5.69. The van der Waals surface area contributed by atoms with Crippen molar-refractivity contribution in [2.75, 3.05) is 0 Å². The molecule has 3 rings (SSSR count). The first-order valence-electron chi connectivity index (χ1n) is 7.59. The van der Waals surface area contributed by atoms with Gasteiger partial charge in [0.15, 0.2) is 11.6 Å². The predicted octanol–water partition coefficient (Wildman–Crippen LogP) is 2.01.